The number of likely N-dealkylation sites (tertiary alicyclic amines) is 1. The van der Waals surface area contributed by atoms with E-state index < -0.39 is 12.0 Å². The van der Waals surface area contributed by atoms with E-state index in [2.05, 4.69) is 5.32 Å². The number of carbonyl (C=O) groups is 2. The SMILES string of the molecule is Cc1ccccc1C(C)NC(=O)CN1CCCC1C(=O)O.Cl. The Bertz CT molecular complexity index is 536. The van der Waals surface area contributed by atoms with Crippen LogP contribution in [-0.4, -0.2) is 41.0 Å². The van der Waals surface area contributed by atoms with Crippen molar-refractivity contribution < 1.29 is 14.7 Å². The number of aliphatic carboxylic acids is 1. The molecule has 0 radical (unpaired) electrons. The van der Waals surface area contributed by atoms with Crippen molar-refractivity contribution in [2.24, 2.45) is 0 Å². The molecule has 0 spiro atoms. The topological polar surface area (TPSA) is 69.6 Å². The molecule has 1 aromatic carbocycles. The molecule has 1 amide bonds. The Morgan fingerprint density at radius 1 is 1.41 bits per heavy atom. The van der Waals surface area contributed by atoms with Gasteiger partial charge in [0.1, 0.15) is 6.04 Å². The van der Waals surface area contributed by atoms with Gasteiger partial charge in [0.05, 0.1) is 12.6 Å². The van der Waals surface area contributed by atoms with Crippen molar-refractivity contribution in [2.75, 3.05) is 13.1 Å². The molecule has 2 N–H and O–H groups in total. The van der Waals surface area contributed by atoms with Gasteiger partial charge in [-0.3, -0.25) is 14.5 Å². The van der Waals surface area contributed by atoms with E-state index in [1.165, 1.54) is 0 Å². The first-order chi connectivity index (χ1) is 9.99. The number of hydrogen-bond acceptors (Lipinski definition) is 3. The molecule has 6 heteroatoms. The smallest absolute Gasteiger partial charge is 0.320 e. The first kappa shape index (κ1) is 18.5. The van der Waals surface area contributed by atoms with E-state index in [4.69, 9.17) is 5.11 Å². The Kier molecular flexibility index (Phi) is 6.84. The first-order valence-corrected chi connectivity index (χ1v) is 7.31. The third-order valence-corrected chi connectivity index (χ3v) is 4.03. The van der Waals surface area contributed by atoms with Gasteiger partial charge in [-0.2, -0.15) is 0 Å². The average molecular weight is 327 g/mol. The summed E-state index contributed by atoms with van der Waals surface area (Å²) in [4.78, 5) is 25.0. The molecule has 0 saturated carbocycles. The van der Waals surface area contributed by atoms with Crippen molar-refractivity contribution in [3.05, 3.63) is 35.4 Å². The van der Waals surface area contributed by atoms with Crippen LogP contribution < -0.4 is 5.32 Å². The molecular formula is C16H23ClN2O3. The zero-order valence-electron chi connectivity index (χ0n) is 12.9. The zero-order chi connectivity index (χ0) is 15.4. The van der Waals surface area contributed by atoms with Crippen LogP contribution in [0.2, 0.25) is 0 Å². The van der Waals surface area contributed by atoms with Gasteiger partial charge in [-0.1, -0.05) is 24.3 Å². The van der Waals surface area contributed by atoms with Crippen LogP contribution >= 0.6 is 12.4 Å². The molecule has 2 unspecified atom stereocenters. The fourth-order valence-electron chi connectivity index (χ4n) is 2.92. The van der Waals surface area contributed by atoms with E-state index in [1.807, 2.05) is 38.1 Å². The largest absolute Gasteiger partial charge is 0.480 e. The van der Waals surface area contributed by atoms with E-state index in [9.17, 15) is 9.59 Å². The fourth-order valence-corrected chi connectivity index (χ4v) is 2.92. The van der Waals surface area contributed by atoms with Crippen molar-refractivity contribution in [3.63, 3.8) is 0 Å². The van der Waals surface area contributed by atoms with Crippen LogP contribution in [0.1, 0.15) is 36.9 Å². The lowest BCUT2D eigenvalue weighted by Gasteiger charge is -2.22. The highest BCUT2D eigenvalue weighted by Crippen LogP contribution is 2.18. The van der Waals surface area contributed by atoms with Crippen LogP contribution in [0.5, 0.6) is 0 Å². The molecule has 0 aromatic heterocycles. The van der Waals surface area contributed by atoms with Gasteiger partial charge >= 0.3 is 5.97 Å². The van der Waals surface area contributed by atoms with Crippen molar-refractivity contribution >= 4 is 24.3 Å². The van der Waals surface area contributed by atoms with Gasteiger partial charge in [-0.15, -0.1) is 12.4 Å². The lowest BCUT2D eigenvalue weighted by Crippen LogP contribution is -2.43. The number of amides is 1. The van der Waals surface area contributed by atoms with Gasteiger partial charge in [-0.05, 0) is 44.4 Å². The highest BCUT2D eigenvalue weighted by atomic mass is 35.5. The second kappa shape index (κ2) is 8.15. The number of rotatable bonds is 5. The Hall–Kier alpha value is -1.59. The van der Waals surface area contributed by atoms with Gasteiger partial charge in [0.25, 0.3) is 0 Å². The molecule has 2 rings (SSSR count). The Balaban J connectivity index is 0.00000242. The van der Waals surface area contributed by atoms with E-state index in [0.717, 1.165) is 17.5 Å². The molecule has 0 aliphatic carbocycles. The number of nitrogens with zero attached hydrogens (tertiary/aromatic N) is 1. The Morgan fingerprint density at radius 3 is 2.73 bits per heavy atom. The van der Waals surface area contributed by atoms with E-state index in [-0.39, 0.29) is 30.9 Å². The van der Waals surface area contributed by atoms with Gasteiger partial charge in [0.2, 0.25) is 5.91 Å². The Morgan fingerprint density at radius 2 is 2.09 bits per heavy atom. The molecule has 1 aromatic rings. The van der Waals surface area contributed by atoms with E-state index in [0.29, 0.717) is 13.0 Å². The molecule has 122 valence electrons. The normalized spacial score (nSPS) is 19.3. The minimum atomic E-state index is -0.841. The lowest BCUT2D eigenvalue weighted by atomic mass is 10.0. The number of nitrogens with one attached hydrogen (secondary N) is 1. The maximum Gasteiger partial charge on any atom is 0.320 e. The molecule has 22 heavy (non-hydrogen) atoms. The Labute approximate surface area is 137 Å². The number of carbonyl (C=O) groups excluding carboxylic acids is 1. The molecule has 1 aliphatic heterocycles. The number of hydrogen-bond donors (Lipinski definition) is 2. The number of halogens is 1. The molecule has 2 atom stereocenters. The maximum atomic E-state index is 12.1. The van der Waals surface area contributed by atoms with Crippen LogP contribution in [0.15, 0.2) is 24.3 Å². The average Bonchev–Trinajstić information content (AvgIpc) is 2.87. The summed E-state index contributed by atoms with van der Waals surface area (Å²) in [5.41, 5.74) is 2.22. The van der Waals surface area contributed by atoms with Crippen LogP contribution in [0.4, 0.5) is 0 Å². The van der Waals surface area contributed by atoms with Crippen LogP contribution in [0.3, 0.4) is 0 Å². The van der Waals surface area contributed by atoms with Gasteiger partial charge in [0, 0.05) is 0 Å². The monoisotopic (exact) mass is 326 g/mol. The van der Waals surface area contributed by atoms with E-state index >= 15 is 0 Å². The number of benzene rings is 1. The molecule has 1 heterocycles. The lowest BCUT2D eigenvalue weighted by molar-refractivity contribution is -0.142. The predicted octanol–water partition coefficient (Wildman–Crippen LogP) is 2.14. The summed E-state index contributed by atoms with van der Waals surface area (Å²) < 4.78 is 0. The standard InChI is InChI=1S/C16H22N2O3.ClH/c1-11-6-3-4-7-13(11)12(2)17-15(19)10-18-9-5-8-14(18)16(20)21;/h3-4,6-7,12,14H,5,8-10H2,1-2H3,(H,17,19)(H,20,21);1H. The molecule has 0 bridgehead atoms. The summed E-state index contributed by atoms with van der Waals surface area (Å²) in [7, 11) is 0. The van der Waals surface area contributed by atoms with Gasteiger partial charge in [0.15, 0.2) is 0 Å². The fraction of sp³-hybridized carbons (Fsp3) is 0.500. The molecular weight excluding hydrogens is 304 g/mol. The van der Waals surface area contributed by atoms with Crippen molar-refractivity contribution in [2.45, 2.75) is 38.8 Å². The third-order valence-electron chi connectivity index (χ3n) is 4.03. The van der Waals surface area contributed by atoms with Gasteiger partial charge in [-0.25, -0.2) is 0 Å². The number of carboxylic acid groups (broad SMARTS) is 1. The van der Waals surface area contributed by atoms with Crippen LogP contribution in [0, 0.1) is 6.92 Å². The minimum Gasteiger partial charge on any atom is -0.480 e. The predicted molar refractivity (Wildman–Crippen MR) is 87.2 cm³/mol. The third kappa shape index (κ3) is 4.45. The molecule has 5 nitrogen and oxygen atoms in total. The highest BCUT2D eigenvalue weighted by Gasteiger charge is 2.31. The maximum absolute atomic E-state index is 12.1. The highest BCUT2D eigenvalue weighted by molar-refractivity contribution is 5.85. The molecule has 1 fully saturated rings. The first-order valence-electron chi connectivity index (χ1n) is 7.31. The number of aryl methyl sites for hydroxylation is 1. The summed E-state index contributed by atoms with van der Waals surface area (Å²) in [5, 5.41) is 12.1. The summed E-state index contributed by atoms with van der Waals surface area (Å²) >= 11 is 0. The van der Waals surface area contributed by atoms with Gasteiger partial charge < -0.3 is 10.4 Å². The second-order valence-corrected chi connectivity index (χ2v) is 5.61. The minimum absolute atomic E-state index is 0. The molecule has 1 saturated heterocycles. The molecule has 1 aliphatic rings. The zero-order valence-corrected chi connectivity index (χ0v) is 13.7. The quantitative estimate of drug-likeness (QED) is 0.870. The number of carboxylic acids is 1. The second-order valence-electron chi connectivity index (χ2n) is 5.61. The van der Waals surface area contributed by atoms with E-state index in [1.54, 1.807) is 4.90 Å². The van der Waals surface area contributed by atoms with Crippen LogP contribution in [0.25, 0.3) is 0 Å². The van der Waals surface area contributed by atoms with Crippen molar-refractivity contribution in [1.29, 1.82) is 0 Å². The van der Waals surface area contributed by atoms with Crippen molar-refractivity contribution in [3.8, 4) is 0 Å². The van der Waals surface area contributed by atoms with Crippen molar-refractivity contribution in [1.82, 2.24) is 10.2 Å². The summed E-state index contributed by atoms with van der Waals surface area (Å²) in [5.74, 6) is -0.967. The summed E-state index contributed by atoms with van der Waals surface area (Å²) in [6, 6.07) is 7.32. The van der Waals surface area contributed by atoms with Crippen LogP contribution in [-0.2, 0) is 9.59 Å². The summed E-state index contributed by atoms with van der Waals surface area (Å²) in [6.07, 6.45) is 1.45. The summed E-state index contributed by atoms with van der Waals surface area (Å²) in [6.45, 7) is 4.77.